The Morgan fingerprint density at radius 3 is 2.32 bits per heavy atom. The molecule has 1 heterocycles. The molecule has 1 N–H and O–H groups in total. The van der Waals surface area contributed by atoms with Gasteiger partial charge in [0.15, 0.2) is 0 Å². The maximum atomic E-state index is 9.34. The molecule has 1 aromatic carbocycles. The molecule has 0 atom stereocenters. The summed E-state index contributed by atoms with van der Waals surface area (Å²) in [5.74, 6) is 0.667. The van der Waals surface area contributed by atoms with Crippen LogP contribution >= 0.6 is 0 Å². The highest BCUT2D eigenvalue weighted by Gasteiger charge is 2.11. The summed E-state index contributed by atoms with van der Waals surface area (Å²) in [5, 5.41) is 12.4. The SMILES string of the molecule is COCCOCCOCCOc1nc(Nc2ccc(C#N)c(OCC=C(C)C)c2)nc(OC)n1. The van der Waals surface area contributed by atoms with E-state index in [0.717, 1.165) is 5.57 Å². The fraction of sp³-hybridized carbons (Fsp3) is 0.478. The summed E-state index contributed by atoms with van der Waals surface area (Å²) in [4.78, 5) is 12.5. The number of nitriles is 1. The maximum Gasteiger partial charge on any atom is 0.324 e. The summed E-state index contributed by atoms with van der Waals surface area (Å²) in [6, 6.07) is 7.39. The quantitative estimate of drug-likeness (QED) is 0.285. The zero-order chi connectivity index (χ0) is 24.6. The van der Waals surface area contributed by atoms with E-state index in [9.17, 15) is 5.26 Å². The van der Waals surface area contributed by atoms with Crippen LogP contribution in [0.4, 0.5) is 11.6 Å². The fourth-order valence-corrected chi connectivity index (χ4v) is 2.44. The molecule has 0 aliphatic heterocycles. The molecular formula is C23H31N5O6. The van der Waals surface area contributed by atoms with Crippen LogP contribution in [0.5, 0.6) is 17.8 Å². The first-order chi connectivity index (χ1) is 16.5. The average Bonchev–Trinajstić information content (AvgIpc) is 2.83. The normalized spacial score (nSPS) is 10.3. The third-order valence-electron chi connectivity index (χ3n) is 4.13. The Morgan fingerprint density at radius 2 is 1.65 bits per heavy atom. The second-order valence-electron chi connectivity index (χ2n) is 7.03. The summed E-state index contributed by atoms with van der Waals surface area (Å²) in [6.45, 7) is 6.89. The highest BCUT2D eigenvalue weighted by atomic mass is 16.6. The van der Waals surface area contributed by atoms with Crippen LogP contribution in [-0.2, 0) is 14.2 Å². The van der Waals surface area contributed by atoms with Crippen molar-refractivity contribution in [3.63, 3.8) is 0 Å². The number of nitrogens with one attached hydrogen (secondary N) is 1. The van der Waals surface area contributed by atoms with Gasteiger partial charge in [-0.1, -0.05) is 5.57 Å². The first kappa shape index (κ1) is 26.8. The van der Waals surface area contributed by atoms with Crippen LogP contribution in [-0.4, -0.2) is 75.4 Å². The van der Waals surface area contributed by atoms with E-state index in [1.807, 2.05) is 19.9 Å². The van der Waals surface area contributed by atoms with E-state index in [0.29, 0.717) is 56.6 Å². The van der Waals surface area contributed by atoms with Gasteiger partial charge in [-0.05, 0) is 32.1 Å². The Hall–Kier alpha value is -3.46. The molecule has 1 aromatic heterocycles. The van der Waals surface area contributed by atoms with Gasteiger partial charge in [0.25, 0.3) is 0 Å². The third kappa shape index (κ3) is 9.99. The van der Waals surface area contributed by atoms with Gasteiger partial charge in [0.05, 0.1) is 45.7 Å². The molecule has 184 valence electrons. The van der Waals surface area contributed by atoms with Gasteiger partial charge in [-0.25, -0.2) is 0 Å². The van der Waals surface area contributed by atoms with Crippen molar-refractivity contribution < 1.29 is 28.4 Å². The van der Waals surface area contributed by atoms with Crippen LogP contribution in [0.3, 0.4) is 0 Å². The first-order valence-corrected chi connectivity index (χ1v) is 10.7. The van der Waals surface area contributed by atoms with E-state index in [4.69, 9.17) is 28.4 Å². The zero-order valence-corrected chi connectivity index (χ0v) is 20.0. The highest BCUT2D eigenvalue weighted by molar-refractivity contribution is 5.60. The largest absolute Gasteiger partial charge is 0.488 e. The summed E-state index contributed by atoms with van der Waals surface area (Å²) in [7, 11) is 3.07. The van der Waals surface area contributed by atoms with Gasteiger partial charge in [0.1, 0.15) is 25.0 Å². The lowest BCUT2D eigenvalue weighted by atomic mass is 10.2. The Labute approximate surface area is 199 Å². The molecule has 11 heteroatoms. The van der Waals surface area contributed by atoms with Crippen LogP contribution in [0.2, 0.25) is 0 Å². The lowest BCUT2D eigenvalue weighted by molar-refractivity contribution is 0.0172. The lowest BCUT2D eigenvalue weighted by Gasteiger charge is -2.11. The van der Waals surface area contributed by atoms with E-state index in [1.165, 1.54) is 7.11 Å². The molecule has 0 aliphatic carbocycles. The lowest BCUT2D eigenvalue weighted by Crippen LogP contribution is -2.13. The van der Waals surface area contributed by atoms with E-state index >= 15 is 0 Å². The Morgan fingerprint density at radius 1 is 0.941 bits per heavy atom. The van der Waals surface area contributed by atoms with Gasteiger partial charge in [-0.3, -0.25) is 0 Å². The number of anilines is 2. The molecule has 34 heavy (non-hydrogen) atoms. The van der Waals surface area contributed by atoms with Crippen molar-refractivity contribution in [1.82, 2.24) is 15.0 Å². The number of hydrogen-bond acceptors (Lipinski definition) is 11. The molecule has 0 aliphatic rings. The number of aromatic nitrogens is 3. The smallest absolute Gasteiger partial charge is 0.324 e. The maximum absolute atomic E-state index is 9.34. The standard InChI is InChI=1S/C23H31N5O6/c1-17(2)7-8-33-20-15-19(6-5-18(20)16-24)25-21-26-22(30-4)28-23(27-21)34-14-13-32-12-11-31-10-9-29-3/h5-7,15H,8-14H2,1-4H3,(H,25,26,27,28). The van der Waals surface area contributed by atoms with Crippen molar-refractivity contribution in [1.29, 1.82) is 5.26 Å². The molecule has 0 fully saturated rings. The van der Waals surface area contributed by atoms with Gasteiger partial charge in [-0.2, -0.15) is 15.2 Å². The zero-order valence-electron chi connectivity index (χ0n) is 20.0. The number of allylic oxidation sites excluding steroid dienone is 1. The number of rotatable bonds is 16. The minimum atomic E-state index is 0.0861. The van der Waals surface area contributed by atoms with Crippen LogP contribution in [0, 0.1) is 11.3 Å². The highest BCUT2D eigenvalue weighted by Crippen LogP contribution is 2.25. The number of ether oxygens (including phenoxy) is 6. The van der Waals surface area contributed by atoms with Crippen molar-refractivity contribution in [3.05, 3.63) is 35.4 Å². The van der Waals surface area contributed by atoms with Gasteiger partial charge < -0.3 is 33.7 Å². The average molecular weight is 474 g/mol. The second kappa shape index (κ2) is 15.4. The van der Waals surface area contributed by atoms with Gasteiger partial charge >= 0.3 is 12.0 Å². The molecule has 0 spiro atoms. The number of hydrogen-bond donors (Lipinski definition) is 1. The van der Waals surface area contributed by atoms with Gasteiger partial charge in [0, 0.05) is 18.9 Å². The number of benzene rings is 1. The molecule has 2 aromatic rings. The molecule has 0 unspecified atom stereocenters. The summed E-state index contributed by atoms with van der Waals surface area (Å²) < 4.78 is 32.1. The van der Waals surface area contributed by atoms with Crippen LogP contribution in [0.1, 0.15) is 19.4 Å². The van der Waals surface area contributed by atoms with E-state index in [2.05, 4.69) is 26.3 Å². The summed E-state index contributed by atoms with van der Waals surface area (Å²) in [6.07, 6.45) is 1.93. The van der Waals surface area contributed by atoms with Crippen molar-refractivity contribution in [2.75, 3.05) is 65.8 Å². The molecule has 11 nitrogen and oxygen atoms in total. The van der Waals surface area contributed by atoms with Crippen LogP contribution < -0.4 is 19.5 Å². The summed E-state index contributed by atoms with van der Waals surface area (Å²) >= 11 is 0. The summed E-state index contributed by atoms with van der Waals surface area (Å²) in [5.41, 5.74) is 2.18. The minimum Gasteiger partial charge on any atom is -0.488 e. The van der Waals surface area contributed by atoms with E-state index < -0.39 is 0 Å². The van der Waals surface area contributed by atoms with Crippen LogP contribution in [0.25, 0.3) is 0 Å². The van der Waals surface area contributed by atoms with Crippen LogP contribution in [0.15, 0.2) is 29.8 Å². The third-order valence-corrected chi connectivity index (χ3v) is 4.13. The van der Waals surface area contributed by atoms with E-state index in [1.54, 1.807) is 25.3 Å². The predicted molar refractivity (Wildman–Crippen MR) is 125 cm³/mol. The number of methoxy groups -OCH3 is 2. The number of nitrogens with zero attached hydrogens (tertiary/aromatic N) is 4. The first-order valence-electron chi connectivity index (χ1n) is 10.7. The molecule has 2 rings (SSSR count). The topological polar surface area (TPSA) is 130 Å². The Kier molecular flexibility index (Phi) is 12.1. The van der Waals surface area contributed by atoms with Gasteiger partial charge in [0.2, 0.25) is 5.95 Å². The van der Waals surface area contributed by atoms with Crippen molar-refractivity contribution in [3.8, 4) is 23.8 Å². The molecule has 0 saturated carbocycles. The minimum absolute atomic E-state index is 0.0861. The fourth-order valence-electron chi connectivity index (χ4n) is 2.44. The van der Waals surface area contributed by atoms with Crippen molar-refractivity contribution in [2.24, 2.45) is 0 Å². The molecular weight excluding hydrogens is 442 g/mol. The van der Waals surface area contributed by atoms with E-state index in [-0.39, 0.29) is 24.6 Å². The Bertz CT molecular complexity index is 959. The predicted octanol–water partition coefficient (Wildman–Crippen LogP) is 2.90. The Balaban J connectivity index is 1.95. The molecule has 0 saturated heterocycles. The van der Waals surface area contributed by atoms with Gasteiger partial charge in [-0.15, -0.1) is 4.98 Å². The monoisotopic (exact) mass is 473 g/mol. The van der Waals surface area contributed by atoms with Crippen molar-refractivity contribution >= 4 is 11.6 Å². The molecule has 0 amide bonds. The molecule has 0 radical (unpaired) electrons. The van der Waals surface area contributed by atoms with Crippen molar-refractivity contribution in [2.45, 2.75) is 13.8 Å². The molecule has 0 bridgehead atoms. The second-order valence-corrected chi connectivity index (χ2v) is 7.03.